The molecule has 1 aliphatic carbocycles. The van der Waals surface area contributed by atoms with Crippen LogP contribution in [0.5, 0.6) is 0 Å². The molecule has 102 valence electrons. The van der Waals surface area contributed by atoms with Gasteiger partial charge in [-0.3, -0.25) is 0 Å². The topological polar surface area (TPSA) is 42.2 Å². The number of halogens is 2. The lowest BCUT2D eigenvalue weighted by atomic mass is 9.72. The maximum absolute atomic E-state index is 13.3. The zero-order valence-electron chi connectivity index (χ0n) is 10.7. The van der Waals surface area contributed by atoms with E-state index in [1.54, 1.807) is 17.5 Å². The lowest BCUT2D eigenvalue weighted by Crippen LogP contribution is -2.41. The summed E-state index contributed by atoms with van der Waals surface area (Å²) in [6.45, 7) is 0.415. The minimum absolute atomic E-state index is 0.0700. The number of thiazole rings is 1. The molecule has 1 aliphatic rings. The molecule has 1 fully saturated rings. The van der Waals surface area contributed by atoms with Crippen LogP contribution in [-0.4, -0.2) is 31.5 Å². The Morgan fingerprint density at radius 3 is 2.39 bits per heavy atom. The summed E-state index contributed by atoms with van der Waals surface area (Å²) in [5.41, 5.74) is 5.57. The number of nitrogens with two attached hydrogens (primary N) is 1. The van der Waals surface area contributed by atoms with E-state index in [4.69, 9.17) is 5.73 Å². The largest absolute Gasteiger partial charge is 0.354 e. The SMILES string of the molecule is CN(C)c1ncc(C2(CN)CCC(F)(F)CC2)s1. The van der Waals surface area contributed by atoms with E-state index in [0.717, 1.165) is 10.0 Å². The molecule has 3 nitrogen and oxygen atoms in total. The molecule has 6 heteroatoms. The molecule has 1 saturated carbocycles. The summed E-state index contributed by atoms with van der Waals surface area (Å²) in [6.07, 6.45) is 2.56. The highest BCUT2D eigenvalue weighted by molar-refractivity contribution is 7.15. The van der Waals surface area contributed by atoms with E-state index in [0.29, 0.717) is 19.4 Å². The van der Waals surface area contributed by atoms with Gasteiger partial charge in [0.15, 0.2) is 5.13 Å². The van der Waals surface area contributed by atoms with E-state index in [1.807, 2.05) is 19.0 Å². The van der Waals surface area contributed by atoms with Gasteiger partial charge in [-0.1, -0.05) is 0 Å². The van der Waals surface area contributed by atoms with Crippen molar-refractivity contribution in [1.82, 2.24) is 4.98 Å². The first-order valence-electron chi connectivity index (χ1n) is 6.10. The van der Waals surface area contributed by atoms with Gasteiger partial charge in [-0.2, -0.15) is 0 Å². The van der Waals surface area contributed by atoms with Gasteiger partial charge < -0.3 is 10.6 Å². The Bertz CT molecular complexity index is 407. The van der Waals surface area contributed by atoms with Crippen molar-refractivity contribution in [1.29, 1.82) is 0 Å². The third-order valence-corrected chi connectivity index (χ3v) is 5.14. The van der Waals surface area contributed by atoms with E-state index in [1.165, 1.54) is 0 Å². The number of hydrogen-bond acceptors (Lipinski definition) is 4. The molecule has 0 atom stereocenters. The third-order valence-electron chi connectivity index (χ3n) is 3.73. The second-order valence-corrected chi connectivity index (χ2v) is 6.25. The molecule has 1 aromatic rings. The van der Waals surface area contributed by atoms with Crippen molar-refractivity contribution in [2.75, 3.05) is 25.5 Å². The average Bonchev–Trinajstić information content (AvgIpc) is 2.80. The first-order valence-corrected chi connectivity index (χ1v) is 6.92. The summed E-state index contributed by atoms with van der Waals surface area (Å²) < 4.78 is 26.5. The molecular weight excluding hydrogens is 256 g/mol. The van der Waals surface area contributed by atoms with Crippen LogP contribution in [0.4, 0.5) is 13.9 Å². The van der Waals surface area contributed by atoms with Crippen LogP contribution in [0.15, 0.2) is 6.20 Å². The Kier molecular flexibility index (Phi) is 3.60. The van der Waals surface area contributed by atoms with Gasteiger partial charge in [-0.25, -0.2) is 13.8 Å². The van der Waals surface area contributed by atoms with Gasteiger partial charge in [0, 0.05) is 50.0 Å². The second-order valence-electron chi connectivity index (χ2n) is 5.24. The zero-order valence-corrected chi connectivity index (χ0v) is 11.6. The Morgan fingerprint density at radius 2 is 1.94 bits per heavy atom. The van der Waals surface area contributed by atoms with Gasteiger partial charge in [-0.15, -0.1) is 11.3 Å². The summed E-state index contributed by atoms with van der Waals surface area (Å²) in [7, 11) is 3.85. The fourth-order valence-corrected chi connectivity index (χ4v) is 3.46. The summed E-state index contributed by atoms with van der Waals surface area (Å²) in [5.74, 6) is -2.52. The van der Waals surface area contributed by atoms with E-state index < -0.39 is 5.92 Å². The Morgan fingerprint density at radius 1 is 1.33 bits per heavy atom. The summed E-state index contributed by atoms with van der Waals surface area (Å²) in [6, 6.07) is 0. The lowest BCUT2D eigenvalue weighted by Gasteiger charge is -2.38. The minimum Gasteiger partial charge on any atom is -0.354 e. The molecule has 1 aromatic heterocycles. The van der Waals surface area contributed by atoms with E-state index >= 15 is 0 Å². The minimum atomic E-state index is -2.52. The molecule has 0 amide bonds. The van der Waals surface area contributed by atoms with E-state index in [-0.39, 0.29) is 18.3 Å². The number of anilines is 1. The molecule has 0 spiro atoms. The molecule has 0 bridgehead atoms. The molecule has 18 heavy (non-hydrogen) atoms. The first kappa shape index (κ1) is 13.7. The molecule has 0 aromatic carbocycles. The number of aromatic nitrogens is 1. The monoisotopic (exact) mass is 275 g/mol. The Labute approximate surface area is 110 Å². The molecule has 2 N–H and O–H groups in total. The van der Waals surface area contributed by atoms with Crippen molar-refractivity contribution < 1.29 is 8.78 Å². The molecule has 0 saturated heterocycles. The predicted octanol–water partition coefficient (Wildman–Crippen LogP) is 2.61. The highest BCUT2D eigenvalue weighted by atomic mass is 32.1. The summed E-state index contributed by atoms with van der Waals surface area (Å²) in [4.78, 5) is 7.29. The standard InChI is InChI=1S/C12H19F2N3S/c1-17(2)10-16-7-9(18-10)11(8-15)3-5-12(13,14)6-4-11/h7H,3-6,8,15H2,1-2H3. The molecule has 0 unspecified atom stereocenters. The van der Waals surface area contributed by atoms with Crippen LogP contribution in [0, 0.1) is 0 Å². The van der Waals surface area contributed by atoms with Crippen molar-refractivity contribution in [3.8, 4) is 0 Å². The van der Waals surface area contributed by atoms with Crippen molar-refractivity contribution in [2.45, 2.75) is 37.0 Å². The highest BCUT2D eigenvalue weighted by Gasteiger charge is 2.44. The normalized spacial score (nSPS) is 21.8. The molecular formula is C12H19F2N3S. The number of rotatable bonds is 3. The van der Waals surface area contributed by atoms with Crippen LogP contribution in [-0.2, 0) is 5.41 Å². The van der Waals surface area contributed by atoms with Gasteiger partial charge in [0.1, 0.15) is 0 Å². The third kappa shape index (κ3) is 2.49. The number of hydrogen-bond donors (Lipinski definition) is 1. The zero-order chi connectivity index (χ0) is 13.4. The molecule has 0 radical (unpaired) electrons. The van der Waals surface area contributed by atoms with Gasteiger partial charge in [0.2, 0.25) is 5.92 Å². The maximum Gasteiger partial charge on any atom is 0.248 e. The highest BCUT2D eigenvalue weighted by Crippen LogP contribution is 2.46. The van der Waals surface area contributed by atoms with Gasteiger partial charge in [-0.05, 0) is 12.8 Å². The fourth-order valence-electron chi connectivity index (χ4n) is 2.36. The van der Waals surface area contributed by atoms with Crippen molar-refractivity contribution >= 4 is 16.5 Å². The molecule has 1 heterocycles. The van der Waals surface area contributed by atoms with Crippen molar-refractivity contribution in [2.24, 2.45) is 5.73 Å². The van der Waals surface area contributed by atoms with Crippen LogP contribution < -0.4 is 10.6 Å². The van der Waals surface area contributed by atoms with Gasteiger partial charge in [0.25, 0.3) is 0 Å². The van der Waals surface area contributed by atoms with Gasteiger partial charge >= 0.3 is 0 Å². The number of alkyl halides is 2. The summed E-state index contributed by atoms with van der Waals surface area (Å²) in [5, 5.41) is 0.898. The van der Waals surface area contributed by atoms with Crippen LogP contribution in [0.1, 0.15) is 30.6 Å². The van der Waals surface area contributed by atoms with E-state index in [2.05, 4.69) is 4.98 Å². The molecule has 2 rings (SSSR count). The second kappa shape index (κ2) is 4.74. The van der Waals surface area contributed by atoms with Crippen molar-refractivity contribution in [3.05, 3.63) is 11.1 Å². The predicted molar refractivity (Wildman–Crippen MR) is 70.6 cm³/mol. The van der Waals surface area contributed by atoms with Crippen LogP contribution in [0.3, 0.4) is 0 Å². The molecule has 0 aliphatic heterocycles. The van der Waals surface area contributed by atoms with Crippen LogP contribution >= 0.6 is 11.3 Å². The smallest absolute Gasteiger partial charge is 0.248 e. The van der Waals surface area contributed by atoms with Crippen molar-refractivity contribution in [3.63, 3.8) is 0 Å². The Hall–Kier alpha value is -0.750. The lowest BCUT2D eigenvalue weighted by molar-refractivity contribution is -0.0505. The van der Waals surface area contributed by atoms with Crippen LogP contribution in [0.2, 0.25) is 0 Å². The maximum atomic E-state index is 13.3. The average molecular weight is 275 g/mol. The van der Waals surface area contributed by atoms with Crippen LogP contribution in [0.25, 0.3) is 0 Å². The first-order chi connectivity index (χ1) is 8.38. The quantitative estimate of drug-likeness (QED) is 0.922. The van der Waals surface area contributed by atoms with Gasteiger partial charge in [0.05, 0.1) is 0 Å². The summed E-state index contributed by atoms with van der Waals surface area (Å²) >= 11 is 1.56. The number of nitrogens with zero attached hydrogens (tertiary/aromatic N) is 2. The van der Waals surface area contributed by atoms with E-state index in [9.17, 15) is 8.78 Å². The Balaban J connectivity index is 2.22. The fraction of sp³-hybridized carbons (Fsp3) is 0.750.